The molecule has 2 heterocycles. The summed E-state index contributed by atoms with van der Waals surface area (Å²) in [7, 11) is 0.162. The van der Waals surface area contributed by atoms with Gasteiger partial charge < -0.3 is 4.72 Å². The van der Waals surface area contributed by atoms with Crippen LogP contribution in [0.25, 0.3) is 0 Å². The van der Waals surface area contributed by atoms with Crippen LogP contribution in [0.4, 0.5) is 9.52 Å². The molecule has 22 heavy (non-hydrogen) atoms. The van der Waals surface area contributed by atoms with E-state index in [4.69, 9.17) is 8.37 Å². The normalized spacial score (nSPS) is 17.8. The number of benzene rings is 1. The van der Waals surface area contributed by atoms with E-state index in [1.54, 1.807) is 12.1 Å². The number of anilines is 1. The molecule has 0 amide bonds. The molecule has 1 saturated heterocycles. The van der Waals surface area contributed by atoms with Gasteiger partial charge in [0.2, 0.25) is 0 Å². The monoisotopic (exact) mass is 361 g/mol. The molecular weight excluding hydrogens is 345 g/mol. The van der Waals surface area contributed by atoms with Crippen molar-refractivity contribution in [3.63, 3.8) is 0 Å². The highest BCUT2D eigenvalue weighted by atomic mass is 32.3. The summed E-state index contributed by atoms with van der Waals surface area (Å²) in [6.07, 6.45) is 0. The second kappa shape index (κ2) is 6.73. The molecule has 5 nitrogen and oxygen atoms in total. The van der Waals surface area contributed by atoms with E-state index in [-0.39, 0.29) is 5.82 Å². The zero-order valence-corrected chi connectivity index (χ0v) is 14.5. The highest BCUT2D eigenvalue weighted by Crippen LogP contribution is 2.55. The van der Waals surface area contributed by atoms with Crippen LogP contribution >= 0.6 is 34.1 Å². The maximum absolute atomic E-state index is 13.7. The number of hydrogen-bond acceptors (Lipinski definition) is 7. The first kappa shape index (κ1) is 16.0. The molecular formula is C13H16FN3O2S3. The van der Waals surface area contributed by atoms with Gasteiger partial charge in [-0.1, -0.05) is 6.07 Å². The fourth-order valence-electron chi connectivity index (χ4n) is 1.84. The summed E-state index contributed by atoms with van der Waals surface area (Å²) in [5, 5.41) is 2.68. The average molecular weight is 361 g/mol. The van der Waals surface area contributed by atoms with Crippen LogP contribution < -0.4 is 9.44 Å². The molecule has 9 heteroatoms. The lowest BCUT2D eigenvalue weighted by Crippen LogP contribution is -2.33. The molecule has 0 atom stereocenters. The van der Waals surface area contributed by atoms with Crippen LogP contribution in [-0.4, -0.2) is 18.8 Å². The van der Waals surface area contributed by atoms with E-state index in [9.17, 15) is 4.39 Å². The van der Waals surface area contributed by atoms with Crippen molar-refractivity contribution < 1.29 is 12.8 Å². The summed E-state index contributed by atoms with van der Waals surface area (Å²) in [4.78, 5) is 5.03. The van der Waals surface area contributed by atoms with Gasteiger partial charge >= 0.3 is 0 Å². The Morgan fingerprint density at radius 3 is 2.95 bits per heavy atom. The Balaban J connectivity index is 1.61. The van der Waals surface area contributed by atoms with Crippen molar-refractivity contribution in [2.75, 3.05) is 18.6 Å². The Hall–Kier alpha value is -0.840. The number of aromatic nitrogens is 1. The summed E-state index contributed by atoms with van der Waals surface area (Å²) in [5.41, 5.74) is 1.91. The molecule has 0 radical (unpaired) electrons. The van der Waals surface area contributed by atoms with Crippen LogP contribution in [-0.2, 0) is 14.1 Å². The second-order valence-corrected chi connectivity index (χ2v) is 8.70. The minimum atomic E-state index is -1.65. The predicted molar refractivity (Wildman–Crippen MR) is 90.1 cm³/mol. The Bertz CT molecular complexity index is 658. The summed E-state index contributed by atoms with van der Waals surface area (Å²) in [6, 6.07) is 5.02. The van der Waals surface area contributed by atoms with Crippen molar-refractivity contribution in [3.8, 4) is 0 Å². The van der Waals surface area contributed by atoms with Gasteiger partial charge in [-0.2, -0.15) is 0 Å². The molecule has 1 aromatic heterocycles. The smallest absolute Gasteiger partial charge is 0.196 e. The van der Waals surface area contributed by atoms with E-state index >= 15 is 0 Å². The zero-order valence-electron chi connectivity index (χ0n) is 12.1. The standard InChI is InChI=1S/C13H16FN3O2S3/c1-9-3-4-11(14)12(5-9)21-17-13-16-10(6-20-13)7-22(15-2)18-8-19-22/h3-6,15H,7-8H2,1-2H3,(H,16,17). The maximum atomic E-state index is 13.7. The first-order valence-corrected chi connectivity index (χ1v) is 9.87. The second-order valence-electron chi connectivity index (χ2n) is 4.60. The Kier molecular flexibility index (Phi) is 4.91. The van der Waals surface area contributed by atoms with Gasteiger partial charge in [-0.3, -0.25) is 0 Å². The third kappa shape index (κ3) is 3.55. The van der Waals surface area contributed by atoms with E-state index in [0.29, 0.717) is 17.4 Å². The lowest BCUT2D eigenvalue weighted by Gasteiger charge is -2.48. The molecule has 0 spiro atoms. The molecule has 1 fully saturated rings. The van der Waals surface area contributed by atoms with E-state index < -0.39 is 10.8 Å². The third-order valence-corrected chi connectivity index (χ3v) is 7.03. The number of thiazole rings is 1. The average Bonchev–Trinajstić information content (AvgIpc) is 2.91. The molecule has 1 aromatic carbocycles. The van der Waals surface area contributed by atoms with Crippen molar-refractivity contribution in [1.29, 1.82) is 0 Å². The van der Waals surface area contributed by atoms with Gasteiger partial charge in [-0.05, 0) is 36.6 Å². The highest BCUT2D eigenvalue weighted by molar-refractivity contribution is 8.24. The van der Waals surface area contributed by atoms with Crippen LogP contribution in [0.3, 0.4) is 0 Å². The van der Waals surface area contributed by atoms with Gasteiger partial charge in [0.15, 0.2) is 11.9 Å². The molecule has 120 valence electrons. The van der Waals surface area contributed by atoms with Gasteiger partial charge in [0.05, 0.1) is 16.3 Å². The third-order valence-electron chi connectivity index (χ3n) is 3.01. The van der Waals surface area contributed by atoms with Crippen LogP contribution in [0.15, 0.2) is 28.5 Å². The summed E-state index contributed by atoms with van der Waals surface area (Å²) < 4.78 is 30.8. The van der Waals surface area contributed by atoms with Crippen molar-refractivity contribution in [1.82, 2.24) is 9.71 Å². The SMILES string of the molecule is CNS1(Cc2csc(NSc3cc(C)ccc3F)n2)OCO1. The summed E-state index contributed by atoms with van der Waals surface area (Å²) in [6.45, 7) is 2.26. The number of halogens is 1. The summed E-state index contributed by atoms with van der Waals surface area (Å²) in [5.74, 6) is 0.361. The number of nitrogens with zero attached hydrogens (tertiary/aromatic N) is 1. The molecule has 3 rings (SSSR count). The summed E-state index contributed by atoms with van der Waals surface area (Å²) >= 11 is 2.70. The van der Waals surface area contributed by atoms with Crippen LogP contribution in [0, 0.1) is 12.7 Å². The van der Waals surface area contributed by atoms with Crippen molar-refractivity contribution in [2.45, 2.75) is 17.6 Å². The molecule has 1 aliphatic heterocycles. The van der Waals surface area contributed by atoms with E-state index in [1.165, 1.54) is 29.4 Å². The number of rotatable bonds is 6. The Labute approximate surface area is 138 Å². The van der Waals surface area contributed by atoms with Gasteiger partial charge in [0.25, 0.3) is 0 Å². The number of aryl methyl sites for hydroxylation is 1. The van der Waals surface area contributed by atoms with Gasteiger partial charge in [0, 0.05) is 12.4 Å². The van der Waals surface area contributed by atoms with Crippen molar-refractivity contribution >= 4 is 39.2 Å². The first-order chi connectivity index (χ1) is 10.6. The number of hydrogen-bond donors (Lipinski definition) is 2. The molecule has 0 saturated carbocycles. The Morgan fingerprint density at radius 1 is 1.45 bits per heavy atom. The van der Waals surface area contributed by atoms with E-state index in [1.807, 2.05) is 19.4 Å². The van der Waals surface area contributed by atoms with Crippen molar-refractivity contribution in [3.05, 3.63) is 40.7 Å². The van der Waals surface area contributed by atoms with Crippen LogP contribution in [0.2, 0.25) is 0 Å². The molecule has 0 aliphatic carbocycles. The fraction of sp³-hybridized carbons (Fsp3) is 0.308. The lowest BCUT2D eigenvalue weighted by atomic mass is 10.2. The largest absolute Gasteiger partial charge is 0.301 e. The number of nitrogens with one attached hydrogen (secondary N) is 2. The van der Waals surface area contributed by atoms with E-state index in [0.717, 1.165) is 16.4 Å². The van der Waals surface area contributed by atoms with Crippen molar-refractivity contribution in [2.24, 2.45) is 0 Å². The Morgan fingerprint density at radius 2 is 2.27 bits per heavy atom. The lowest BCUT2D eigenvalue weighted by molar-refractivity contribution is 0.0416. The van der Waals surface area contributed by atoms with Crippen LogP contribution in [0.5, 0.6) is 0 Å². The van der Waals surface area contributed by atoms with E-state index in [2.05, 4.69) is 14.4 Å². The zero-order chi connectivity index (χ0) is 15.6. The molecule has 0 bridgehead atoms. The minimum Gasteiger partial charge on any atom is -0.301 e. The molecule has 2 N–H and O–H groups in total. The quantitative estimate of drug-likeness (QED) is 0.759. The topological polar surface area (TPSA) is 55.4 Å². The maximum Gasteiger partial charge on any atom is 0.196 e. The minimum absolute atomic E-state index is 0.241. The van der Waals surface area contributed by atoms with Gasteiger partial charge in [0.1, 0.15) is 5.82 Å². The van der Waals surface area contributed by atoms with Gasteiger partial charge in [-0.25, -0.2) is 22.5 Å². The fourth-order valence-corrected chi connectivity index (χ4v) is 4.88. The predicted octanol–water partition coefficient (Wildman–Crippen LogP) is 3.98. The van der Waals surface area contributed by atoms with Crippen LogP contribution in [0.1, 0.15) is 11.3 Å². The molecule has 0 unspecified atom stereocenters. The first-order valence-electron chi connectivity index (χ1n) is 6.52. The van der Waals surface area contributed by atoms with Gasteiger partial charge in [-0.15, -0.1) is 22.1 Å². The highest BCUT2D eigenvalue weighted by Gasteiger charge is 2.30. The molecule has 2 aromatic rings. The molecule has 1 aliphatic rings.